The molecular weight excluding hydrogens is 176 g/mol. The molecule has 0 spiro atoms. The molecule has 1 fully saturated rings. The molecule has 0 aromatic heterocycles. The normalized spacial score (nSPS) is 27.6. The predicted molar refractivity (Wildman–Crippen MR) is 47.9 cm³/mol. The van der Waals surface area contributed by atoms with E-state index in [1.54, 1.807) is 0 Å². The first-order valence-electron chi connectivity index (χ1n) is 4.46. The van der Waals surface area contributed by atoms with Crippen LogP contribution in [0, 0.1) is 0 Å². The molecule has 0 aromatic rings. The van der Waals surface area contributed by atoms with Crippen LogP contribution in [0.25, 0.3) is 0 Å². The predicted octanol–water partition coefficient (Wildman–Crippen LogP) is 0.990. The second kappa shape index (κ2) is 4.23. The van der Waals surface area contributed by atoms with E-state index >= 15 is 0 Å². The van der Waals surface area contributed by atoms with Crippen LogP contribution in [0.15, 0.2) is 0 Å². The van der Waals surface area contributed by atoms with Gasteiger partial charge in [0.05, 0.1) is 17.6 Å². The fraction of sp³-hybridized carbons (Fsp3) is 1.00. The molecule has 3 nitrogen and oxygen atoms in total. The monoisotopic (exact) mass is 192 g/mol. The first-order valence-corrected chi connectivity index (χ1v) is 6.28. The van der Waals surface area contributed by atoms with Crippen LogP contribution in [0.3, 0.4) is 0 Å². The quantitative estimate of drug-likeness (QED) is 0.624. The highest BCUT2D eigenvalue weighted by atomic mass is 32.2. The molecule has 1 aliphatic heterocycles. The minimum atomic E-state index is -2.76. The third-order valence-electron chi connectivity index (χ3n) is 2.04. The Morgan fingerprint density at radius 1 is 1.50 bits per heavy atom. The van der Waals surface area contributed by atoms with Crippen LogP contribution in [0.5, 0.6) is 0 Å². The van der Waals surface area contributed by atoms with Crippen molar-refractivity contribution in [2.45, 2.75) is 32.3 Å². The second-order valence-corrected chi connectivity index (χ2v) is 5.48. The van der Waals surface area contributed by atoms with Crippen LogP contribution in [0.4, 0.5) is 0 Å². The zero-order valence-electron chi connectivity index (χ0n) is 7.45. The summed E-state index contributed by atoms with van der Waals surface area (Å²) in [6.45, 7) is 2.80. The molecule has 0 radical (unpaired) electrons. The van der Waals surface area contributed by atoms with Crippen LogP contribution in [0.1, 0.15) is 26.2 Å². The van der Waals surface area contributed by atoms with Crippen LogP contribution in [-0.4, -0.2) is 32.6 Å². The van der Waals surface area contributed by atoms with Gasteiger partial charge in [-0.05, 0) is 12.8 Å². The summed E-state index contributed by atoms with van der Waals surface area (Å²) in [7, 11) is -2.76. The van der Waals surface area contributed by atoms with Crippen molar-refractivity contribution in [3.05, 3.63) is 0 Å². The lowest BCUT2D eigenvalue weighted by Gasteiger charge is -2.08. The average molecular weight is 192 g/mol. The molecule has 12 heavy (non-hydrogen) atoms. The van der Waals surface area contributed by atoms with Crippen molar-refractivity contribution < 1.29 is 13.2 Å². The number of hydrogen-bond donors (Lipinski definition) is 0. The molecule has 0 bridgehead atoms. The van der Waals surface area contributed by atoms with Crippen molar-refractivity contribution in [1.29, 1.82) is 0 Å². The third kappa shape index (κ3) is 3.11. The van der Waals surface area contributed by atoms with Crippen LogP contribution < -0.4 is 0 Å². The summed E-state index contributed by atoms with van der Waals surface area (Å²) < 4.78 is 27.4. The molecule has 4 heteroatoms. The Bertz CT molecular complexity index is 220. The molecule has 0 N–H and O–H groups in total. The first-order chi connectivity index (χ1) is 5.64. The molecule has 0 aliphatic carbocycles. The number of unbranched alkanes of at least 4 members (excludes halogenated alkanes) is 1. The topological polar surface area (TPSA) is 43.4 Å². The summed E-state index contributed by atoms with van der Waals surface area (Å²) in [5.74, 6) is 0.542. The maximum absolute atomic E-state index is 11.0. The van der Waals surface area contributed by atoms with Crippen molar-refractivity contribution in [2.24, 2.45) is 0 Å². The number of hydrogen-bond acceptors (Lipinski definition) is 3. The standard InChI is InChI=1S/C8H16O3S/c1-2-3-5-11-8-4-6-12(9,10)7-8/h8H,2-7H2,1H3/t8-/m1/s1. The van der Waals surface area contributed by atoms with Gasteiger partial charge in [-0.2, -0.15) is 0 Å². The zero-order chi connectivity index (χ0) is 9.03. The Balaban J connectivity index is 2.20. The van der Waals surface area contributed by atoms with Gasteiger partial charge in [0.1, 0.15) is 0 Å². The Hall–Kier alpha value is -0.0900. The van der Waals surface area contributed by atoms with Crippen LogP contribution >= 0.6 is 0 Å². The smallest absolute Gasteiger partial charge is 0.152 e. The lowest BCUT2D eigenvalue weighted by atomic mass is 10.3. The van der Waals surface area contributed by atoms with Crippen molar-refractivity contribution in [1.82, 2.24) is 0 Å². The lowest BCUT2D eigenvalue weighted by Crippen LogP contribution is -2.15. The molecule has 1 heterocycles. The van der Waals surface area contributed by atoms with Crippen molar-refractivity contribution >= 4 is 9.84 Å². The van der Waals surface area contributed by atoms with E-state index in [0.29, 0.717) is 18.8 Å². The Morgan fingerprint density at radius 3 is 2.75 bits per heavy atom. The van der Waals surface area contributed by atoms with Crippen molar-refractivity contribution in [3.63, 3.8) is 0 Å². The largest absolute Gasteiger partial charge is 0.377 e. The highest BCUT2D eigenvalue weighted by molar-refractivity contribution is 7.91. The molecule has 0 saturated carbocycles. The minimum absolute atomic E-state index is 0.0263. The number of rotatable bonds is 4. The zero-order valence-corrected chi connectivity index (χ0v) is 8.27. The van der Waals surface area contributed by atoms with E-state index in [4.69, 9.17) is 4.74 Å². The summed E-state index contributed by atoms with van der Waals surface area (Å²) in [6, 6.07) is 0. The highest BCUT2D eigenvalue weighted by Crippen LogP contribution is 2.14. The van der Waals surface area contributed by atoms with Gasteiger partial charge in [0.25, 0.3) is 0 Å². The molecule has 1 aliphatic rings. The fourth-order valence-electron chi connectivity index (χ4n) is 1.29. The summed E-state index contributed by atoms with van der Waals surface area (Å²) in [4.78, 5) is 0. The van der Waals surface area contributed by atoms with E-state index in [1.165, 1.54) is 0 Å². The molecule has 0 amide bonds. The molecule has 1 saturated heterocycles. The van der Waals surface area contributed by atoms with E-state index in [9.17, 15) is 8.42 Å². The summed E-state index contributed by atoms with van der Waals surface area (Å²) in [6.07, 6.45) is 2.78. The van der Waals surface area contributed by atoms with Crippen molar-refractivity contribution in [3.8, 4) is 0 Å². The third-order valence-corrected chi connectivity index (χ3v) is 3.78. The Labute approximate surface area is 74.0 Å². The molecule has 1 rings (SSSR count). The van der Waals surface area contributed by atoms with Gasteiger partial charge >= 0.3 is 0 Å². The van der Waals surface area contributed by atoms with Crippen LogP contribution in [-0.2, 0) is 14.6 Å². The van der Waals surface area contributed by atoms with Gasteiger partial charge in [0, 0.05) is 6.61 Å². The van der Waals surface area contributed by atoms with E-state index in [-0.39, 0.29) is 11.9 Å². The van der Waals surface area contributed by atoms with Gasteiger partial charge in [-0.3, -0.25) is 0 Å². The first kappa shape index (κ1) is 9.99. The van der Waals surface area contributed by atoms with Gasteiger partial charge < -0.3 is 4.74 Å². The highest BCUT2D eigenvalue weighted by Gasteiger charge is 2.27. The molecule has 72 valence electrons. The van der Waals surface area contributed by atoms with E-state index in [2.05, 4.69) is 6.92 Å². The van der Waals surface area contributed by atoms with Crippen LogP contribution in [0.2, 0.25) is 0 Å². The number of sulfone groups is 1. The van der Waals surface area contributed by atoms with Gasteiger partial charge in [-0.15, -0.1) is 0 Å². The minimum Gasteiger partial charge on any atom is -0.377 e. The van der Waals surface area contributed by atoms with E-state index < -0.39 is 9.84 Å². The number of ether oxygens (including phenoxy) is 1. The molecule has 0 unspecified atom stereocenters. The van der Waals surface area contributed by atoms with Gasteiger partial charge in [-0.1, -0.05) is 13.3 Å². The van der Waals surface area contributed by atoms with Gasteiger partial charge in [-0.25, -0.2) is 8.42 Å². The second-order valence-electron chi connectivity index (χ2n) is 3.25. The summed E-state index contributed by atoms with van der Waals surface area (Å²) >= 11 is 0. The van der Waals surface area contributed by atoms with Gasteiger partial charge in [0.2, 0.25) is 0 Å². The summed E-state index contributed by atoms with van der Waals surface area (Å²) in [5, 5.41) is 0. The van der Waals surface area contributed by atoms with Crippen molar-refractivity contribution in [2.75, 3.05) is 18.1 Å². The van der Waals surface area contributed by atoms with E-state index in [1.807, 2.05) is 0 Å². The molecular formula is C8H16O3S. The fourth-order valence-corrected chi connectivity index (χ4v) is 2.90. The SMILES string of the molecule is CCCCO[C@@H]1CCS(=O)(=O)C1. The van der Waals surface area contributed by atoms with Gasteiger partial charge in [0.15, 0.2) is 9.84 Å². The summed E-state index contributed by atoms with van der Waals surface area (Å²) in [5.41, 5.74) is 0. The average Bonchev–Trinajstić information content (AvgIpc) is 2.31. The Morgan fingerprint density at radius 2 is 2.25 bits per heavy atom. The molecule has 1 atom stereocenters. The Kier molecular flexibility index (Phi) is 3.53. The lowest BCUT2D eigenvalue weighted by molar-refractivity contribution is 0.0689. The maximum Gasteiger partial charge on any atom is 0.152 e. The maximum atomic E-state index is 11.0. The van der Waals surface area contributed by atoms with E-state index in [0.717, 1.165) is 12.8 Å². The molecule has 0 aromatic carbocycles.